The monoisotopic (exact) mass is 343 g/mol. The minimum atomic E-state index is -0.511. The van der Waals surface area contributed by atoms with Crippen LogP contribution in [0.1, 0.15) is 65.5 Å². The van der Waals surface area contributed by atoms with Gasteiger partial charge in [-0.05, 0) is 56.2 Å². The Bertz CT molecular complexity index is 716. The topological polar surface area (TPSA) is 46.6 Å². The third kappa shape index (κ3) is 3.19. The summed E-state index contributed by atoms with van der Waals surface area (Å²) >= 11 is 0. The molecular weight excluding hydrogens is 314 g/mol. The minimum absolute atomic E-state index is 0.00815. The van der Waals surface area contributed by atoms with Crippen LogP contribution < -0.4 is 4.90 Å². The first kappa shape index (κ1) is 18.0. The van der Waals surface area contributed by atoms with E-state index in [1.54, 1.807) is 4.90 Å². The summed E-state index contributed by atoms with van der Waals surface area (Å²) in [6.07, 6.45) is 2.57. The molecule has 0 aromatic heterocycles. The predicted octanol–water partition coefficient (Wildman–Crippen LogP) is 4.59. The van der Waals surface area contributed by atoms with E-state index >= 15 is 0 Å². The van der Waals surface area contributed by atoms with Gasteiger partial charge in [-0.1, -0.05) is 32.9 Å². The quantitative estimate of drug-likeness (QED) is 0.738. The molecule has 1 fully saturated rings. The number of fused-ring (bicyclic) bond motifs is 1. The molecular formula is C21H29NO3. The summed E-state index contributed by atoms with van der Waals surface area (Å²) in [5, 5.41) is 0. The molecule has 0 bridgehead atoms. The number of aldehydes is 1. The molecule has 25 heavy (non-hydrogen) atoms. The SMILES string of the molecule is CC(C)(C)OC(=O)N1CCC(C)(C)c2cc(C3(C)CC3C=O)ccc21. The molecule has 1 aromatic rings. The highest BCUT2D eigenvalue weighted by atomic mass is 16.6. The summed E-state index contributed by atoms with van der Waals surface area (Å²) in [4.78, 5) is 25.6. The number of carbonyl (C=O) groups excluding carboxylic acids is 2. The van der Waals surface area contributed by atoms with Gasteiger partial charge in [0.1, 0.15) is 11.9 Å². The minimum Gasteiger partial charge on any atom is -0.443 e. The molecule has 4 nitrogen and oxygen atoms in total. The predicted molar refractivity (Wildman–Crippen MR) is 99.2 cm³/mol. The van der Waals surface area contributed by atoms with Gasteiger partial charge in [0.05, 0.1) is 5.69 Å². The fourth-order valence-electron chi connectivity index (χ4n) is 3.75. The molecule has 136 valence electrons. The van der Waals surface area contributed by atoms with Gasteiger partial charge in [0, 0.05) is 17.9 Å². The zero-order valence-corrected chi connectivity index (χ0v) is 16.2. The Labute approximate surface area is 150 Å². The van der Waals surface area contributed by atoms with Crippen molar-refractivity contribution in [2.24, 2.45) is 5.92 Å². The third-order valence-electron chi connectivity index (χ3n) is 5.72. The molecule has 4 heteroatoms. The van der Waals surface area contributed by atoms with E-state index < -0.39 is 5.60 Å². The number of benzene rings is 1. The van der Waals surface area contributed by atoms with E-state index in [9.17, 15) is 9.59 Å². The number of hydrogen-bond acceptors (Lipinski definition) is 3. The highest BCUT2D eigenvalue weighted by Gasteiger charge is 2.51. The number of carbonyl (C=O) groups is 2. The largest absolute Gasteiger partial charge is 0.443 e. The summed E-state index contributed by atoms with van der Waals surface area (Å²) in [7, 11) is 0. The molecule has 1 heterocycles. The molecule has 0 radical (unpaired) electrons. The highest BCUT2D eigenvalue weighted by molar-refractivity contribution is 5.90. The zero-order valence-electron chi connectivity index (χ0n) is 16.2. The molecule has 1 saturated carbocycles. The van der Waals surface area contributed by atoms with Gasteiger partial charge in [0.15, 0.2) is 0 Å². The molecule has 1 aliphatic heterocycles. The lowest BCUT2D eigenvalue weighted by atomic mass is 9.76. The molecule has 1 amide bonds. The van der Waals surface area contributed by atoms with E-state index in [0.29, 0.717) is 6.54 Å². The average molecular weight is 343 g/mol. The van der Waals surface area contributed by atoms with Gasteiger partial charge in [-0.25, -0.2) is 4.79 Å². The van der Waals surface area contributed by atoms with Crippen LogP contribution in [-0.2, 0) is 20.4 Å². The second-order valence-electron chi connectivity index (χ2n) is 9.36. The summed E-state index contributed by atoms with van der Waals surface area (Å²) in [5.74, 6) is 0.110. The number of amides is 1. The van der Waals surface area contributed by atoms with E-state index in [0.717, 1.165) is 24.8 Å². The maximum Gasteiger partial charge on any atom is 0.414 e. The first-order chi connectivity index (χ1) is 11.5. The summed E-state index contributed by atoms with van der Waals surface area (Å²) in [6, 6.07) is 6.30. The lowest BCUT2D eigenvalue weighted by molar-refractivity contribution is -0.109. The first-order valence-corrected chi connectivity index (χ1v) is 9.09. The Kier molecular flexibility index (Phi) is 4.01. The van der Waals surface area contributed by atoms with Gasteiger partial charge in [0.25, 0.3) is 0 Å². The van der Waals surface area contributed by atoms with Crippen LogP contribution >= 0.6 is 0 Å². The molecule has 1 aromatic carbocycles. The van der Waals surface area contributed by atoms with Gasteiger partial charge < -0.3 is 9.53 Å². The van der Waals surface area contributed by atoms with Crippen molar-refractivity contribution in [3.63, 3.8) is 0 Å². The van der Waals surface area contributed by atoms with Crippen LogP contribution in [0.15, 0.2) is 18.2 Å². The van der Waals surface area contributed by atoms with Gasteiger partial charge in [-0.2, -0.15) is 0 Å². The molecule has 2 unspecified atom stereocenters. The first-order valence-electron chi connectivity index (χ1n) is 9.09. The Morgan fingerprint density at radius 3 is 2.52 bits per heavy atom. The molecule has 0 spiro atoms. The van der Waals surface area contributed by atoms with E-state index in [-0.39, 0.29) is 22.8 Å². The van der Waals surface area contributed by atoms with Crippen molar-refractivity contribution in [2.75, 3.05) is 11.4 Å². The standard InChI is InChI=1S/C21H29NO3/c1-19(2,3)25-18(24)22-10-9-20(4,5)16-11-14(7-8-17(16)22)21(6)12-15(21)13-23/h7-8,11,13,15H,9-10,12H2,1-6H3. The van der Waals surface area contributed by atoms with Crippen molar-refractivity contribution in [1.29, 1.82) is 0 Å². The number of ether oxygens (including phenoxy) is 1. The Morgan fingerprint density at radius 2 is 1.96 bits per heavy atom. The van der Waals surface area contributed by atoms with Crippen LogP contribution in [0.5, 0.6) is 0 Å². The fourth-order valence-corrected chi connectivity index (χ4v) is 3.75. The van der Waals surface area contributed by atoms with Gasteiger partial charge in [-0.15, -0.1) is 0 Å². The average Bonchev–Trinajstić information content (AvgIpc) is 3.17. The van der Waals surface area contributed by atoms with E-state index in [2.05, 4.69) is 32.9 Å². The Hall–Kier alpha value is -1.84. The zero-order chi connectivity index (χ0) is 18.6. The van der Waals surface area contributed by atoms with Crippen LogP contribution in [-0.4, -0.2) is 24.5 Å². The van der Waals surface area contributed by atoms with Crippen LogP contribution in [0.4, 0.5) is 10.5 Å². The number of rotatable bonds is 2. The summed E-state index contributed by atoms with van der Waals surface area (Å²) in [6.45, 7) is 12.9. The van der Waals surface area contributed by atoms with E-state index in [1.165, 1.54) is 11.1 Å². The van der Waals surface area contributed by atoms with Crippen molar-refractivity contribution < 1.29 is 14.3 Å². The van der Waals surface area contributed by atoms with Crippen LogP contribution in [0, 0.1) is 5.92 Å². The highest BCUT2D eigenvalue weighted by Crippen LogP contribution is 2.54. The molecule has 0 N–H and O–H groups in total. The second kappa shape index (κ2) is 5.58. The van der Waals surface area contributed by atoms with E-state index in [4.69, 9.17) is 4.74 Å². The van der Waals surface area contributed by atoms with Crippen molar-refractivity contribution >= 4 is 18.1 Å². The van der Waals surface area contributed by atoms with Gasteiger partial charge in [-0.3, -0.25) is 4.90 Å². The summed E-state index contributed by atoms with van der Waals surface area (Å²) < 4.78 is 5.59. The number of nitrogens with zero attached hydrogens (tertiary/aromatic N) is 1. The maximum absolute atomic E-state index is 12.6. The molecule has 3 rings (SSSR count). The van der Waals surface area contributed by atoms with Crippen LogP contribution in [0.2, 0.25) is 0 Å². The van der Waals surface area contributed by atoms with Crippen LogP contribution in [0.25, 0.3) is 0 Å². The molecule has 1 aliphatic carbocycles. The Balaban J connectivity index is 1.98. The van der Waals surface area contributed by atoms with Crippen molar-refractivity contribution in [2.45, 2.75) is 70.8 Å². The molecule has 0 saturated heterocycles. The smallest absolute Gasteiger partial charge is 0.414 e. The molecule has 2 aliphatic rings. The third-order valence-corrected chi connectivity index (χ3v) is 5.72. The maximum atomic E-state index is 12.6. The van der Waals surface area contributed by atoms with Crippen molar-refractivity contribution in [3.8, 4) is 0 Å². The molecule has 2 atom stereocenters. The summed E-state index contributed by atoms with van der Waals surface area (Å²) in [5.41, 5.74) is 2.72. The van der Waals surface area contributed by atoms with Crippen molar-refractivity contribution in [1.82, 2.24) is 0 Å². The number of hydrogen-bond donors (Lipinski definition) is 0. The Morgan fingerprint density at radius 1 is 1.28 bits per heavy atom. The van der Waals surface area contributed by atoms with Gasteiger partial charge in [0.2, 0.25) is 0 Å². The number of anilines is 1. The van der Waals surface area contributed by atoms with E-state index in [1.807, 2.05) is 26.8 Å². The van der Waals surface area contributed by atoms with Gasteiger partial charge >= 0.3 is 6.09 Å². The van der Waals surface area contributed by atoms with Crippen molar-refractivity contribution in [3.05, 3.63) is 29.3 Å². The lowest BCUT2D eigenvalue weighted by Gasteiger charge is -2.40. The fraction of sp³-hybridized carbons (Fsp3) is 0.619. The van der Waals surface area contributed by atoms with Crippen LogP contribution in [0.3, 0.4) is 0 Å². The lowest BCUT2D eigenvalue weighted by Crippen LogP contribution is -2.43. The normalized spacial score (nSPS) is 27.4. The second-order valence-corrected chi connectivity index (χ2v) is 9.36.